The number of amides is 3. The molecule has 3 aromatic carbocycles. The number of hydrogen-bond donors (Lipinski definition) is 3. The summed E-state index contributed by atoms with van der Waals surface area (Å²) >= 11 is 0. The topological polar surface area (TPSA) is 175 Å². The van der Waals surface area contributed by atoms with Gasteiger partial charge in [0.2, 0.25) is 11.8 Å². The van der Waals surface area contributed by atoms with E-state index >= 15 is 0 Å². The number of rotatable bonds is 20. The van der Waals surface area contributed by atoms with Crippen molar-refractivity contribution in [2.24, 2.45) is 11.8 Å². The largest absolute Gasteiger partial charge is 0.508 e. The Morgan fingerprint density at radius 1 is 0.638 bits per heavy atom. The van der Waals surface area contributed by atoms with Crippen LogP contribution < -0.4 is 10.1 Å². The molecule has 0 fully saturated rings. The van der Waals surface area contributed by atoms with E-state index in [1.807, 2.05) is 19.1 Å². The number of carbonyl (C=O) groups is 5. The molecule has 0 saturated carbocycles. The number of phenols is 2. The van der Waals surface area contributed by atoms with Crippen LogP contribution in [0.1, 0.15) is 50.8 Å². The first-order valence-corrected chi connectivity index (χ1v) is 19.4. The Morgan fingerprint density at radius 2 is 1.09 bits per heavy atom. The molecule has 14 heteroatoms. The molecule has 58 heavy (non-hydrogen) atoms. The van der Waals surface area contributed by atoms with Crippen LogP contribution in [0.4, 0.5) is 0 Å². The average Bonchev–Trinajstić information content (AvgIpc) is 3.21. The Balaban J connectivity index is 1.92. The lowest BCUT2D eigenvalue weighted by Crippen LogP contribution is -2.59. The standard InChI is InChI=1S/C44H60N4O10/c1-11-28(4)39(58-44(55)36(46(5)6)25-31-16-22-34(56-9)23-17-31)40(51)45-38(27(2)3)42(53)47(7)35(24-29-12-18-32(49)19-13-29)41(52)48(8)37(43(54)57-10)26-30-14-20-33(50)21-15-30/h12-23,27-28,35-39,49-50H,11,24-26H2,1-10H3,(H,45,51)/t28-,35-,36-,37-,38-,39-/m0/s1. The van der Waals surface area contributed by atoms with Gasteiger partial charge in [0.1, 0.15) is 41.4 Å². The number of nitrogens with zero attached hydrogens (tertiary/aromatic N) is 3. The molecule has 316 valence electrons. The minimum Gasteiger partial charge on any atom is -0.508 e. The van der Waals surface area contributed by atoms with E-state index in [9.17, 15) is 34.2 Å². The molecule has 3 N–H and O–H groups in total. The second-order valence-corrected chi connectivity index (χ2v) is 15.2. The molecule has 6 atom stereocenters. The van der Waals surface area contributed by atoms with E-state index in [1.165, 1.54) is 55.3 Å². The highest BCUT2D eigenvalue weighted by atomic mass is 16.6. The van der Waals surface area contributed by atoms with Gasteiger partial charge in [-0.05, 0) is 85.9 Å². The number of ether oxygens (including phenoxy) is 3. The maximum atomic E-state index is 14.5. The molecule has 0 spiro atoms. The molecule has 0 aromatic heterocycles. The number of likely N-dealkylation sites (N-methyl/N-ethyl adjacent to an activating group) is 3. The molecule has 0 aliphatic carbocycles. The van der Waals surface area contributed by atoms with E-state index < -0.39 is 71.8 Å². The van der Waals surface area contributed by atoms with Crippen molar-refractivity contribution in [3.63, 3.8) is 0 Å². The Hall–Kier alpha value is -5.63. The zero-order chi connectivity index (χ0) is 43.3. The predicted molar refractivity (Wildman–Crippen MR) is 219 cm³/mol. The minimum atomic E-state index is -1.23. The molecule has 14 nitrogen and oxygen atoms in total. The molecule has 3 aromatic rings. The summed E-state index contributed by atoms with van der Waals surface area (Å²) < 4.78 is 16.3. The summed E-state index contributed by atoms with van der Waals surface area (Å²) in [4.78, 5) is 74.2. The SMILES string of the molecule is CC[C@H](C)[C@H](OC(=O)[C@H](Cc1ccc(OC)cc1)N(C)C)C(=O)N[C@H](C(=O)N(C)[C@@H](Cc1ccc(O)cc1)C(=O)N(C)[C@@H](Cc1ccc(O)cc1)C(=O)OC)C(C)C. The van der Waals surface area contributed by atoms with E-state index in [-0.39, 0.29) is 24.3 Å². The first-order chi connectivity index (χ1) is 27.4. The summed E-state index contributed by atoms with van der Waals surface area (Å²) in [5, 5.41) is 22.6. The van der Waals surface area contributed by atoms with Crippen molar-refractivity contribution in [3.05, 3.63) is 89.5 Å². The molecule has 3 amide bonds. The maximum absolute atomic E-state index is 14.5. The lowest BCUT2D eigenvalue weighted by molar-refractivity contribution is -0.164. The van der Waals surface area contributed by atoms with Crippen LogP contribution in [0, 0.1) is 11.8 Å². The number of carbonyl (C=O) groups excluding carboxylic acids is 5. The van der Waals surface area contributed by atoms with Crippen molar-refractivity contribution in [1.29, 1.82) is 0 Å². The van der Waals surface area contributed by atoms with Gasteiger partial charge in [0.15, 0.2) is 6.10 Å². The molecule has 0 radical (unpaired) electrons. The van der Waals surface area contributed by atoms with Gasteiger partial charge in [0.25, 0.3) is 5.91 Å². The molecular weight excluding hydrogens is 745 g/mol. The average molecular weight is 805 g/mol. The van der Waals surface area contributed by atoms with E-state index in [0.29, 0.717) is 29.7 Å². The van der Waals surface area contributed by atoms with Gasteiger partial charge in [-0.1, -0.05) is 64.1 Å². The van der Waals surface area contributed by atoms with E-state index in [2.05, 4.69) is 5.32 Å². The molecule has 0 aliphatic heterocycles. The van der Waals surface area contributed by atoms with Gasteiger partial charge in [-0.2, -0.15) is 0 Å². The van der Waals surface area contributed by atoms with E-state index in [4.69, 9.17) is 14.2 Å². The van der Waals surface area contributed by atoms with Crippen LogP contribution in [0.3, 0.4) is 0 Å². The minimum absolute atomic E-state index is 0.00475. The van der Waals surface area contributed by atoms with Gasteiger partial charge < -0.3 is 39.5 Å². The zero-order valence-corrected chi connectivity index (χ0v) is 35.3. The number of methoxy groups -OCH3 is 2. The van der Waals surface area contributed by atoms with Gasteiger partial charge in [-0.15, -0.1) is 0 Å². The highest BCUT2D eigenvalue weighted by Gasteiger charge is 2.40. The Kier molecular flexibility index (Phi) is 17.5. The number of phenolic OH excluding ortho intramolecular Hbond substituents is 2. The number of esters is 2. The smallest absolute Gasteiger partial charge is 0.328 e. The highest BCUT2D eigenvalue weighted by Crippen LogP contribution is 2.22. The summed E-state index contributed by atoms with van der Waals surface area (Å²) in [5.74, 6) is -3.22. The summed E-state index contributed by atoms with van der Waals surface area (Å²) in [6.45, 7) is 7.18. The molecule has 0 bridgehead atoms. The number of benzene rings is 3. The molecule has 0 unspecified atom stereocenters. The first kappa shape index (κ1) is 46.8. The lowest BCUT2D eigenvalue weighted by atomic mass is 9.96. The summed E-state index contributed by atoms with van der Waals surface area (Å²) in [6, 6.07) is 15.6. The summed E-state index contributed by atoms with van der Waals surface area (Å²) in [5.41, 5.74) is 2.15. The van der Waals surface area contributed by atoms with Crippen molar-refractivity contribution in [3.8, 4) is 17.2 Å². The fourth-order valence-corrected chi connectivity index (χ4v) is 6.43. The molecular formula is C44H60N4O10. The Morgan fingerprint density at radius 3 is 1.52 bits per heavy atom. The van der Waals surface area contributed by atoms with Crippen LogP contribution in [0.5, 0.6) is 17.2 Å². The summed E-state index contributed by atoms with van der Waals surface area (Å²) in [7, 11) is 9.21. The first-order valence-electron chi connectivity index (χ1n) is 19.4. The van der Waals surface area contributed by atoms with Crippen LogP contribution in [-0.4, -0.2) is 127 Å². The maximum Gasteiger partial charge on any atom is 0.328 e. The summed E-state index contributed by atoms with van der Waals surface area (Å²) in [6.07, 6.45) is -0.341. The second-order valence-electron chi connectivity index (χ2n) is 15.2. The lowest BCUT2D eigenvalue weighted by Gasteiger charge is -2.36. The molecule has 0 aliphatic rings. The number of hydrogen-bond acceptors (Lipinski definition) is 11. The fourth-order valence-electron chi connectivity index (χ4n) is 6.43. The van der Waals surface area contributed by atoms with Crippen LogP contribution in [0.25, 0.3) is 0 Å². The highest BCUT2D eigenvalue weighted by molar-refractivity contribution is 5.95. The van der Waals surface area contributed by atoms with Crippen LogP contribution in [-0.2, 0) is 52.7 Å². The van der Waals surface area contributed by atoms with Crippen LogP contribution in [0.2, 0.25) is 0 Å². The van der Waals surface area contributed by atoms with Crippen molar-refractivity contribution in [1.82, 2.24) is 20.0 Å². The van der Waals surface area contributed by atoms with Gasteiger partial charge >= 0.3 is 11.9 Å². The number of aromatic hydroxyl groups is 2. The number of nitrogens with one attached hydrogen (secondary N) is 1. The third-order valence-electron chi connectivity index (χ3n) is 10.5. The monoisotopic (exact) mass is 804 g/mol. The second kappa shape index (κ2) is 21.8. The van der Waals surface area contributed by atoms with Crippen molar-refractivity contribution in [2.75, 3.05) is 42.4 Å². The quantitative estimate of drug-likeness (QED) is 0.141. The predicted octanol–water partition coefficient (Wildman–Crippen LogP) is 3.99. The zero-order valence-electron chi connectivity index (χ0n) is 35.3. The normalized spacial score (nSPS) is 14.3. The Labute approximate surface area is 342 Å². The van der Waals surface area contributed by atoms with Crippen molar-refractivity contribution >= 4 is 29.7 Å². The van der Waals surface area contributed by atoms with E-state index in [1.54, 1.807) is 83.3 Å². The molecule has 0 saturated heterocycles. The third-order valence-corrected chi connectivity index (χ3v) is 10.5. The van der Waals surface area contributed by atoms with Gasteiger partial charge in [0.05, 0.1) is 14.2 Å². The third kappa shape index (κ3) is 12.7. The van der Waals surface area contributed by atoms with Crippen LogP contribution >= 0.6 is 0 Å². The van der Waals surface area contributed by atoms with Gasteiger partial charge in [0, 0.05) is 32.9 Å². The van der Waals surface area contributed by atoms with Gasteiger partial charge in [-0.3, -0.25) is 24.1 Å². The fraction of sp³-hybridized carbons (Fsp3) is 0.477. The Bertz CT molecular complexity index is 1820. The molecule has 3 rings (SSSR count). The van der Waals surface area contributed by atoms with Crippen molar-refractivity contribution < 1.29 is 48.4 Å². The molecule has 0 heterocycles. The van der Waals surface area contributed by atoms with Crippen molar-refractivity contribution in [2.45, 2.75) is 83.6 Å². The van der Waals surface area contributed by atoms with E-state index in [0.717, 1.165) is 5.56 Å². The van der Waals surface area contributed by atoms with Gasteiger partial charge in [-0.25, -0.2) is 4.79 Å². The van der Waals surface area contributed by atoms with Crippen LogP contribution in [0.15, 0.2) is 72.8 Å².